The Hall–Kier alpha value is -1.41. The molecule has 0 heterocycles. The molecule has 9 heteroatoms. The summed E-state index contributed by atoms with van der Waals surface area (Å²) in [6.07, 6.45) is -1.73. The molecule has 0 rings (SSSR count). The highest BCUT2D eigenvalue weighted by Crippen LogP contribution is 2.35. The molecule has 0 aliphatic carbocycles. The standard InChI is InChI=1S/C13H20F5NO3/c1-2-3-4-5-6-9-22-10(20)7-8-19-11(21)12(14,15)13(16,17)18/h2-9H2,1H3,(H,19,21). The molecule has 0 fully saturated rings. The van der Waals surface area contributed by atoms with Crippen molar-refractivity contribution in [1.82, 2.24) is 5.32 Å². The van der Waals surface area contributed by atoms with Gasteiger partial charge in [-0.25, -0.2) is 0 Å². The molecule has 130 valence electrons. The van der Waals surface area contributed by atoms with Gasteiger partial charge in [-0.2, -0.15) is 22.0 Å². The van der Waals surface area contributed by atoms with E-state index >= 15 is 0 Å². The van der Waals surface area contributed by atoms with Gasteiger partial charge < -0.3 is 10.1 Å². The molecule has 0 saturated carbocycles. The maximum absolute atomic E-state index is 12.5. The van der Waals surface area contributed by atoms with Crippen molar-refractivity contribution in [2.45, 2.75) is 57.5 Å². The number of hydrogen-bond acceptors (Lipinski definition) is 3. The number of ether oxygens (including phenoxy) is 1. The number of alkyl halides is 5. The zero-order valence-electron chi connectivity index (χ0n) is 12.3. The Labute approximate surface area is 125 Å². The number of halogens is 5. The largest absolute Gasteiger partial charge is 0.466 e. The zero-order chi connectivity index (χ0) is 17.2. The number of unbranched alkanes of at least 4 members (excludes halogenated alkanes) is 4. The number of esters is 1. The van der Waals surface area contributed by atoms with Crippen LogP contribution in [-0.2, 0) is 14.3 Å². The van der Waals surface area contributed by atoms with Gasteiger partial charge in [0.1, 0.15) is 0 Å². The molecule has 0 aromatic carbocycles. The van der Waals surface area contributed by atoms with E-state index in [0.29, 0.717) is 6.42 Å². The van der Waals surface area contributed by atoms with E-state index in [-0.39, 0.29) is 6.61 Å². The molecule has 1 amide bonds. The minimum atomic E-state index is -5.96. The highest BCUT2D eigenvalue weighted by molar-refractivity contribution is 5.84. The second-order valence-corrected chi connectivity index (χ2v) is 4.71. The minimum absolute atomic E-state index is 0.162. The van der Waals surface area contributed by atoms with Crippen LogP contribution in [0.3, 0.4) is 0 Å². The maximum Gasteiger partial charge on any atom is 0.463 e. The number of amides is 1. The molecule has 0 aliphatic rings. The summed E-state index contributed by atoms with van der Waals surface area (Å²) in [5.74, 6) is -8.71. The fourth-order valence-electron chi connectivity index (χ4n) is 1.48. The lowest BCUT2D eigenvalue weighted by molar-refractivity contribution is -0.269. The Balaban J connectivity index is 3.82. The quantitative estimate of drug-likeness (QED) is 0.379. The van der Waals surface area contributed by atoms with Crippen molar-refractivity contribution >= 4 is 11.9 Å². The number of carbonyl (C=O) groups excluding carboxylic acids is 2. The Bertz CT molecular complexity index is 358. The lowest BCUT2D eigenvalue weighted by Gasteiger charge is -2.18. The lowest BCUT2D eigenvalue weighted by Crippen LogP contribution is -2.50. The highest BCUT2D eigenvalue weighted by Gasteiger charge is 2.63. The SMILES string of the molecule is CCCCCCCOC(=O)CCNC(=O)C(F)(F)C(F)(F)F. The predicted octanol–water partition coefficient (Wildman–Crippen LogP) is 3.20. The Morgan fingerprint density at radius 2 is 1.59 bits per heavy atom. The van der Waals surface area contributed by atoms with Gasteiger partial charge >= 0.3 is 18.1 Å². The molecule has 0 unspecified atom stereocenters. The molecule has 0 aromatic heterocycles. The molecule has 1 N–H and O–H groups in total. The first-order valence-electron chi connectivity index (χ1n) is 7.01. The number of rotatable bonds is 10. The number of carbonyl (C=O) groups is 2. The Morgan fingerprint density at radius 3 is 2.14 bits per heavy atom. The van der Waals surface area contributed by atoms with E-state index in [2.05, 4.69) is 6.92 Å². The summed E-state index contributed by atoms with van der Waals surface area (Å²) in [4.78, 5) is 21.9. The van der Waals surface area contributed by atoms with Crippen LogP contribution in [0.4, 0.5) is 22.0 Å². The van der Waals surface area contributed by atoms with E-state index in [0.717, 1.165) is 25.7 Å². The van der Waals surface area contributed by atoms with Crippen molar-refractivity contribution in [3.63, 3.8) is 0 Å². The van der Waals surface area contributed by atoms with Crippen LogP contribution in [0.5, 0.6) is 0 Å². The first-order valence-corrected chi connectivity index (χ1v) is 7.01. The average molecular weight is 333 g/mol. The van der Waals surface area contributed by atoms with Crippen LogP contribution in [0.2, 0.25) is 0 Å². The van der Waals surface area contributed by atoms with Crippen LogP contribution in [0.1, 0.15) is 45.4 Å². The summed E-state index contributed by atoms with van der Waals surface area (Å²) in [5, 5.41) is 1.37. The minimum Gasteiger partial charge on any atom is -0.466 e. The van der Waals surface area contributed by atoms with Gasteiger partial charge in [0.25, 0.3) is 5.91 Å². The molecule has 22 heavy (non-hydrogen) atoms. The summed E-state index contributed by atoms with van der Waals surface area (Å²) in [6, 6.07) is 0. The van der Waals surface area contributed by atoms with E-state index in [9.17, 15) is 31.5 Å². The van der Waals surface area contributed by atoms with Crippen LogP contribution in [-0.4, -0.2) is 37.1 Å². The molecular formula is C13H20F5NO3. The van der Waals surface area contributed by atoms with E-state index in [1.807, 2.05) is 0 Å². The summed E-state index contributed by atoms with van der Waals surface area (Å²) >= 11 is 0. The van der Waals surface area contributed by atoms with Crippen molar-refractivity contribution < 1.29 is 36.3 Å². The van der Waals surface area contributed by atoms with Crippen LogP contribution in [0.15, 0.2) is 0 Å². The van der Waals surface area contributed by atoms with Gasteiger partial charge in [0.15, 0.2) is 0 Å². The van der Waals surface area contributed by atoms with Crippen molar-refractivity contribution in [3.05, 3.63) is 0 Å². The Kier molecular flexibility index (Phi) is 8.96. The summed E-state index contributed by atoms with van der Waals surface area (Å²) in [6.45, 7) is 1.57. The average Bonchev–Trinajstić information content (AvgIpc) is 2.41. The molecule has 0 aromatic rings. The summed E-state index contributed by atoms with van der Waals surface area (Å²) in [5.41, 5.74) is 0. The van der Waals surface area contributed by atoms with E-state index in [1.54, 1.807) is 0 Å². The second kappa shape index (κ2) is 9.58. The molecule has 0 radical (unpaired) electrons. The van der Waals surface area contributed by atoms with Crippen LogP contribution in [0.25, 0.3) is 0 Å². The van der Waals surface area contributed by atoms with Gasteiger partial charge in [-0.05, 0) is 6.42 Å². The van der Waals surface area contributed by atoms with Gasteiger partial charge in [-0.1, -0.05) is 32.6 Å². The van der Waals surface area contributed by atoms with Gasteiger partial charge in [0, 0.05) is 6.54 Å². The van der Waals surface area contributed by atoms with Crippen LogP contribution < -0.4 is 5.32 Å². The second-order valence-electron chi connectivity index (χ2n) is 4.71. The third-order valence-corrected chi connectivity index (χ3v) is 2.77. The van der Waals surface area contributed by atoms with E-state index in [1.165, 1.54) is 5.32 Å². The molecule has 4 nitrogen and oxygen atoms in total. The topological polar surface area (TPSA) is 55.4 Å². The van der Waals surface area contributed by atoms with E-state index in [4.69, 9.17) is 4.74 Å². The maximum atomic E-state index is 12.5. The van der Waals surface area contributed by atoms with Crippen molar-refractivity contribution in [1.29, 1.82) is 0 Å². The first kappa shape index (κ1) is 20.6. The smallest absolute Gasteiger partial charge is 0.463 e. The fourth-order valence-corrected chi connectivity index (χ4v) is 1.48. The first-order chi connectivity index (χ1) is 10.1. The van der Waals surface area contributed by atoms with Crippen molar-refractivity contribution in [2.75, 3.05) is 13.2 Å². The van der Waals surface area contributed by atoms with Gasteiger partial charge in [0.2, 0.25) is 0 Å². The molecular weight excluding hydrogens is 313 g/mol. The van der Waals surface area contributed by atoms with Gasteiger partial charge in [-0.15, -0.1) is 0 Å². The highest BCUT2D eigenvalue weighted by atomic mass is 19.4. The third kappa shape index (κ3) is 7.56. The Morgan fingerprint density at radius 1 is 1.00 bits per heavy atom. The normalized spacial score (nSPS) is 12.1. The number of hydrogen-bond donors (Lipinski definition) is 1. The van der Waals surface area contributed by atoms with Crippen LogP contribution in [0, 0.1) is 0 Å². The lowest BCUT2D eigenvalue weighted by atomic mass is 10.2. The molecule has 0 aliphatic heterocycles. The molecule has 0 bridgehead atoms. The van der Waals surface area contributed by atoms with Crippen LogP contribution >= 0.6 is 0 Å². The summed E-state index contributed by atoms with van der Waals surface area (Å²) in [7, 11) is 0. The molecule has 0 spiro atoms. The number of nitrogens with one attached hydrogen (secondary N) is 1. The van der Waals surface area contributed by atoms with Gasteiger partial charge in [-0.3, -0.25) is 9.59 Å². The summed E-state index contributed by atoms with van der Waals surface area (Å²) < 4.78 is 65.4. The van der Waals surface area contributed by atoms with Crippen molar-refractivity contribution in [2.24, 2.45) is 0 Å². The van der Waals surface area contributed by atoms with Gasteiger partial charge in [0.05, 0.1) is 13.0 Å². The van der Waals surface area contributed by atoms with Crippen molar-refractivity contribution in [3.8, 4) is 0 Å². The predicted molar refractivity (Wildman–Crippen MR) is 68.3 cm³/mol. The monoisotopic (exact) mass is 333 g/mol. The zero-order valence-corrected chi connectivity index (χ0v) is 12.3. The van der Waals surface area contributed by atoms with E-state index < -0.39 is 36.9 Å². The molecule has 0 atom stereocenters. The molecule has 0 saturated heterocycles. The fraction of sp³-hybridized carbons (Fsp3) is 0.846. The third-order valence-electron chi connectivity index (χ3n) is 2.77.